The summed E-state index contributed by atoms with van der Waals surface area (Å²) in [4.78, 5) is 16.6. The standard InChI is InChI=1S/C21H26ClN3O3S/c1-17-5-3-4-6-18(17)15-23(2)16-21(26)24-11-13-25(14-12-24)29(27,28)20-9-7-19(22)8-10-20/h3-10H,11-16H2,1-2H3. The van der Waals surface area contributed by atoms with E-state index in [0.717, 1.165) is 0 Å². The lowest BCUT2D eigenvalue weighted by Gasteiger charge is -2.34. The van der Waals surface area contributed by atoms with E-state index in [-0.39, 0.29) is 23.9 Å². The van der Waals surface area contributed by atoms with Gasteiger partial charge in [-0.2, -0.15) is 4.31 Å². The maximum atomic E-state index is 12.8. The maximum absolute atomic E-state index is 12.8. The van der Waals surface area contributed by atoms with E-state index in [1.807, 2.05) is 24.1 Å². The summed E-state index contributed by atoms with van der Waals surface area (Å²) in [5.41, 5.74) is 2.40. The normalized spacial score (nSPS) is 15.7. The third kappa shape index (κ3) is 5.36. The van der Waals surface area contributed by atoms with E-state index in [4.69, 9.17) is 11.6 Å². The van der Waals surface area contributed by atoms with Crippen LogP contribution in [0.4, 0.5) is 0 Å². The number of halogens is 1. The van der Waals surface area contributed by atoms with Gasteiger partial charge in [0.2, 0.25) is 15.9 Å². The number of rotatable bonds is 6. The zero-order valence-corrected chi connectivity index (χ0v) is 18.3. The summed E-state index contributed by atoms with van der Waals surface area (Å²) in [5, 5.41) is 0.495. The van der Waals surface area contributed by atoms with Crippen LogP contribution >= 0.6 is 11.6 Å². The lowest BCUT2D eigenvalue weighted by atomic mass is 10.1. The number of carbonyl (C=O) groups is 1. The molecule has 1 aliphatic rings. The average molecular weight is 436 g/mol. The van der Waals surface area contributed by atoms with Gasteiger partial charge in [-0.05, 0) is 49.4 Å². The molecule has 0 saturated carbocycles. The Hall–Kier alpha value is -1.93. The molecular weight excluding hydrogens is 410 g/mol. The molecule has 0 bridgehead atoms. The highest BCUT2D eigenvalue weighted by atomic mass is 35.5. The van der Waals surface area contributed by atoms with Crippen molar-refractivity contribution >= 4 is 27.5 Å². The van der Waals surface area contributed by atoms with Crippen molar-refractivity contribution in [3.05, 3.63) is 64.7 Å². The largest absolute Gasteiger partial charge is 0.339 e. The number of aryl methyl sites for hydroxylation is 1. The second kappa shape index (κ2) is 9.26. The number of sulfonamides is 1. The Balaban J connectivity index is 1.54. The molecule has 2 aromatic rings. The summed E-state index contributed by atoms with van der Waals surface area (Å²) in [5.74, 6) is 0.0182. The van der Waals surface area contributed by atoms with Crippen molar-refractivity contribution in [2.24, 2.45) is 0 Å². The van der Waals surface area contributed by atoms with Gasteiger partial charge < -0.3 is 4.90 Å². The fourth-order valence-corrected chi connectivity index (χ4v) is 4.95. The highest BCUT2D eigenvalue weighted by molar-refractivity contribution is 7.89. The van der Waals surface area contributed by atoms with Gasteiger partial charge in [0.25, 0.3) is 0 Å². The molecule has 8 heteroatoms. The quantitative estimate of drug-likeness (QED) is 0.699. The second-order valence-corrected chi connectivity index (χ2v) is 9.71. The van der Waals surface area contributed by atoms with Gasteiger partial charge in [-0.1, -0.05) is 35.9 Å². The molecule has 1 saturated heterocycles. The lowest BCUT2D eigenvalue weighted by Crippen LogP contribution is -2.52. The monoisotopic (exact) mass is 435 g/mol. The van der Waals surface area contributed by atoms with Crippen molar-refractivity contribution in [2.75, 3.05) is 39.8 Å². The minimum Gasteiger partial charge on any atom is -0.339 e. The SMILES string of the molecule is Cc1ccccc1CN(C)CC(=O)N1CCN(S(=O)(=O)c2ccc(Cl)cc2)CC1. The average Bonchev–Trinajstić information content (AvgIpc) is 2.70. The Morgan fingerprint density at radius 1 is 1.03 bits per heavy atom. The van der Waals surface area contributed by atoms with Gasteiger partial charge in [0.05, 0.1) is 11.4 Å². The van der Waals surface area contributed by atoms with Gasteiger partial charge in [-0.15, -0.1) is 0 Å². The van der Waals surface area contributed by atoms with Crippen LogP contribution in [0.3, 0.4) is 0 Å². The van der Waals surface area contributed by atoms with E-state index < -0.39 is 10.0 Å². The molecule has 0 unspecified atom stereocenters. The first kappa shape index (κ1) is 21.8. The Morgan fingerprint density at radius 2 is 1.66 bits per heavy atom. The molecule has 3 rings (SSSR count). The van der Waals surface area contributed by atoms with Crippen molar-refractivity contribution in [3.63, 3.8) is 0 Å². The van der Waals surface area contributed by atoms with Gasteiger partial charge in [0.1, 0.15) is 0 Å². The number of amides is 1. The van der Waals surface area contributed by atoms with Crippen molar-refractivity contribution in [2.45, 2.75) is 18.4 Å². The zero-order valence-electron chi connectivity index (χ0n) is 16.7. The van der Waals surface area contributed by atoms with Crippen molar-refractivity contribution in [3.8, 4) is 0 Å². The molecular formula is C21H26ClN3O3S. The van der Waals surface area contributed by atoms with Crippen LogP contribution in [0.5, 0.6) is 0 Å². The van der Waals surface area contributed by atoms with E-state index >= 15 is 0 Å². The highest BCUT2D eigenvalue weighted by Crippen LogP contribution is 2.20. The van der Waals surface area contributed by atoms with Crippen LogP contribution in [0.1, 0.15) is 11.1 Å². The Labute approximate surface area is 177 Å². The lowest BCUT2D eigenvalue weighted by molar-refractivity contribution is -0.133. The number of piperazine rings is 1. The second-order valence-electron chi connectivity index (χ2n) is 7.34. The van der Waals surface area contributed by atoms with Crippen LogP contribution in [0.15, 0.2) is 53.4 Å². The fraction of sp³-hybridized carbons (Fsp3) is 0.381. The predicted octanol–water partition coefficient (Wildman–Crippen LogP) is 2.61. The Morgan fingerprint density at radius 3 is 2.28 bits per heavy atom. The van der Waals surface area contributed by atoms with Gasteiger partial charge in [0, 0.05) is 37.7 Å². The molecule has 2 aromatic carbocycles. The summed E-state index contributed by atoms with van der Waals surface area (Å²) in [6.45, 7) is 4.43. The van der Waals surface area contributed by atoms with E-state index in [9.17, 15) is 13.2 Å². The number of hydrogen-bond acceptors (Lipinski definition) is 4. The van der Waals surface area contributed by atoms with Crippen LogP contribution in [-0.2, 0) is 21.4 Å². The Kier molecular flexibility index (Phi) is 6.95. The molecule has 1 fully saturated rings. The summed E-state index contributed by atoms with van der Waals surface area (Å²) in [7, 11) is -1.65. The molecule has 0 spiro atoms. The molecule has 6 nitrogen and oxygen atoms in total. The molecule has 0 N–H and O–H groups in total. The number of benzene rings is 2. The zero-order chi connectivity index (χ0) is 21.0. The van der Waals surface area contributed by atoms with E-state index in [2.05, 4.69) is 19.1 Å². The molecule has 1 heterocycles. The molecule has 0 radical (unpaired) electrons. The highest BCUT2D eigenvalue weighted by Gasteiger charge is 2.30. The van der Waals surface area contributed by atoms with Gasteiger partial charge in [0.15, 0.2) is 0 Å². The molecule has 0 aliphatic carbocycles. The van der Waals surface area contributed by atoms with Crippen LogP contribution in [-0.4, -0.2) is 68.2 Å². The molecule has 1 aliphatic heterocycles. The summed E-state index contributed by atoms with van der Waals surface area (Å²) < 4.78 is 26.9. The molecule has 1 amide bonds. The molecule has 0 atom stereocenters. The maximum Gasteiger partial charge on any atom is 0.243 e. The van der Waals surface area contributed by atoms with E-state index in [1.54, 1.807) is 17.0 Å². The third-order valence-corrected chi connectivity index (χ3v) is 7.31. The topological polar surface area (TPSA) is 60.9 Å². The van der Waals surface area contributed by atoms with Crippen LogP contribution in [0.2, 0.25) is 5.02 Å². The first-order valence-corrected chi connectivity index (χ1v) is 11.4. The van der Waals surface area contributed by atoms with Crippen LogP contribution < -0.4 is 0 Å². The first-order chi connectivity index (χ1) is 13.8. The first-order valence-electron chi connectivity index (χ1n) is 9.54. The predicted molar refractivity (Wildman–Crippen MR) is 114 cm³/mol. The fourth-order valence-electron chi connectivity index (χ4n) is 3.40. The van der Waals surface area contributed by atoms with Gasteiger partial charge >= 0.3 is 0 Å². The number of nitrogens with zero attached hydrogens (tertiary/aromatic N) is 3. The van der Waals surface area contributed by atoms with Crippen molar-refractivity contribution in [1.82, 2.24) is 14.1 Å². The van der Waals surface area contributed by atoms with E-state index in [1.165, 1.54) is 27.6 Å². The molecule has 156 valence electrons. The van der Waals surface area contributed by atoms with Gasteiger partial charge in [-0.25, -0.2) is 8.42 Å². The van der Waals surface area contributed by atoms with Crippen molar-refractivity contribution < 1.29 is 13.2 Å². The van der Waals surface area contributed by atoms with Crippen molar-refractivity contribution in [1.29, 1.82) is 0 Å². The molecule has 29 heavy (non-hydrogen) atoms. The minimum atomic E-state index is -3.57. The summed E-state index contributed by atoms with van der Waals surface area (Å²) in [6.07, 6.45) is 0. The third-order valence-electron chi connectivity index (χ3n) is 5.15. The molecule has 0 aromatic heterocycles. The number of carbonyl (C=O) groups excluding carboxylic acids is 1. The summed E-state index contributed by atoms with van der Waals surface area (Å²) >= 11 is 5.85. The van der Waals surface area contributed by atoms with Crippen LogP contribution in [0, 0.1) is 6.92 Å². The van der Waals surface area contributed by atoms with E-state index in [0.29, 0.717) is 31.2 Å². The minimum absolute atomic E-state index is 0.0182. The smallest absolute Gasteiger partial charge is 0.243 e. The Bertz CT molecular complexity index is 955. The number of likely N-dealkylation sites (N-methyl/N-ethyl adjacent to an activating group) is 1. The van der Waals surface area contributed by atoms with Gasteiger partial charge in [-0.3, -0.25) is 9.69 Å². The van der Waals surface area contributed by atoms with Crippen LogP contribution in [0.25, 0.3) is 0 Å². The number of hydrogen-bond donors (Lipinski definition) is 0. The summed E-state index contributed by atoms with van der Waals surface area (Å²) in [6, 6.07) is 14.3.